The Bertz CT molecular complexity index is 947. The van der Waals surface area contributed by atoms with E-state index in [1.807, 2.05) is 42.5 Å². The summed E-state index contributed by atoms with van der Waals surface area (Å²) in [7, 11) is 0. The third-order valence-electron chi connectivity index (χ3n) is 6.25. The molecule has 5 nitrogen and oxygen atoms in total. The van der Waals surface area contributed by atoms with E-state index in [0.717, 1.165) is 31.2 Å². The number of nitrogens with one attached hydrogen (secondary N) is 1. The van der Waals surface area contributed by atoms with Gasteiger partial charge in [-0.15, -0.1) is 0 Å². The van der Waals surface area contributed by atoms with Gasteiger partial charge in [-0.3, -0.25) is 9.59 Å². The molecule has 1 saturated carbocycles. The van der Waals surface area contributed by atoms with Gasteiger partial charge >= 0.3 is 0 Å². The Balaban J connectivity index is 1.70. The maximum atomic E-state index is 13.2. The highest BCUT2D eigenvalue weighted by molar-refractivity contribution is 6.31. The molecule has 33 heavy (non-hydrogen) atoms. The smallest absolute Gasteiger partial charge is 0.261 e. The lowest BCUT2D eigenvalue weighted by atomic mass is 9.87. The molecule has 0 aliphatic heterocycles. The molecule has 6 heteroatoms. The molecule has 2 aromatic carbocycles. The van der Waals surface area contributed by atoms with Crippen LogP contribution in [0.15, 0.2) is 48.5 Å². The van der Waals surface area contributed by atoms with Crippen molar-refractivity contribution in [3.63, 3.8) is 0 Å². The minimum Gasteiger partial charge on any atom is -0.484 e. The molecule has 0 heterocycles. The van der Waals surface area contributed by atoms with Crippen molar-refractivity contribution in [3.05, 3.63) is 64.7 Å². The Morgan fingerprint density at radius 1 is 1.09 bits per heavy atom. The maximum absolute atomic E-state index is 13.2. The zero-order valence-corrected chi connectivity index (χ0v) is 20.8. The average molecular weight is 471 g/mol. The summed E-state index contributed by atoms with van der Waals surface area (Å²) in [5.41, 5.74) is 2.03. The molecule has 1 aliphatic rings. The van der Waals surface area contributed by atoms with Crippen LogP contribution in [0.1, 0.15) is 64.5 Å². The first-order valence-corrected chi connectivity index (χ1v) is 12.1. The van der Waals surface area contributed by atoms with Crippen molar-refractivity contribution in [1.29, 1.82) is 0 Å². The first-order valence-electron chi connectivity index (χ1n) is 11.7. The summed E-state index contributed by atoms with van der Waals surface area (Å²) in [6.45, 7) is 8.30. The summed E-state index contributed by atoms with van der Waals surface area (Å²) in [6, 6.07) is 14.7. The molecule has 1 fully saturated rings. The Hall–Kier alpha value is -2.53. The van der Waals surface area contributed by atoms with Crippen LogP contribution in [0.2, 0.25) is 5.02 Å². The van der Waals surface area contributed by atoms with Crippen LogP contribution in [0.4, 0.5) is 0 Å². The van der Waals surface area contributed by atoms with E-state index >= 15 is 0 Å². The topological polar surface area (TPSA) is 58.6 Å². The SMILES string of the molecule is C[C@@H](C(=O)NC1CCCC1)N(Cc1ccccc1Cl)C(=O)COc1ccc(C(C)(C)C)cc1. The highest BCUT2D eigenvalue weighted by Crippen LogP contribution is 2.25. The summed E-state index contributed by atoms with van der Waals surface area (Å²) in [4.78, 5) is 27.7. The van der Waals surface area contributed by atoms with Crippen LogP contribution in [0, 0.1) is 0 Å². The Morgan fingerprint density at radius 2 is 1.73 bits per heavy atom. The second-order valence-electron chi connectivity index (χ2n) is 9.84. The number of benzene rings is 2. The van der Waals surface area contributed by atoms with Gasteiger partial charge in [0.2, 0.25) is 5.91 Å². The molecular weight excluding hydrogens is 436 g/mol. The number of nitrogens with zero attached hydrogens (tertiary/aromatic N) is 1. The van der Waals surface area contributed by atoms with Gasteiger partial charge in [0.05, 0.1) is 0 Å². The van der Waals surface area contributed by atoms with Crippen molar-refractivity contribution >= 4 is 23.4 Å². The van der Waals surface area contributed by atoms with Gasteiger partial charge in [-0.25, -0.2) is 0 Å². The molecule has 3 rings (SSSR count). The fourth-order valence-electron chi connectivity index (χ4n) is 4.06. The average Bonchev–Trinajstić information content (AvgIpc) is 3.29. The predicted molar refractivity (Wildman–Crippen MR) is 132 cm³/mol. The van der Waals surface area contributed by atoms with E-state index < -0.39 is 6.04 Å². The van der Waals surface area contributed by atoms with Gasteiger partial charge in [0, 0.05) is 17.6 Å². The third-order valence-corrected chi connectivity index (χ3v) is 6.62. The highest BCUT2D eigenvalue weighted by atomic mass is 35.5. The quantitative estimate of drug-likeness (QED) is 0.554. The standard InChI is InChI=1S/C27H35ClN2O3/c1-19(26(32)29-22-10-6-7-11-22)30(17-20-9-5-8-12-24(20)28)25(31)18-33-23-15-13-21(14-16-23)27(2,3)4/h5,8-9,12-16,19,22H,6-7,10-11,17-18H2,1-4H3,(H,29,32)/t19-/m0/s1. The van der Waals surface area contributed by atoms with Crippen LogP contribution < -0.4 is 10.1 Å². The van der Waals surface area contributed by atoms with Gasteiger partial charge in [0.25, 0.3) is 5.91 Å². The number of rotatable bonds is 8. The largest absolute Gasteiger partial charge is 0.484 e. The van der Waals surface area contributed by atoms with Crippen LogP contribution in [-0.2, 0) is 21.5 Å². The fraction of sp³-hybridized carbons (Fsp3) is 0.481. The zero-order valence-electron chi connectivity index (χ0n) is 20.1. The number of carbonyl (C=O) groups is 2. The molecule has 2 aromatic rings. The summed E-state index contributed by atoms with van der Waals surface area (Å²) >= 11 is 6.35. The van der Waals surface area contributed by atoms with Gasteiger partial charge < -0.3 is 15.0 Å². The molecule has 2 amide bonds. The van der Waals surface area contributed by atoms with Crippen molar-refractivity contribution in [1.82, 2.24) is 10.2 Å². The summed E-state index contributed by atoms with van der Waals surface area (Å²) in [6.07, 6.45) is 4.24. The van der Waals surface area contributed by atoms with Crippen molar-refractivity contribution in [2.45, 2.75) is 77.4 Å². The molecule has 0 unspecified atom stereocenters. The predicted octanol–water partition coefficient (Wildman–Crippen LogP) is 5.49. The van der Waals surface area contributed by atoms with Gasteiger partial charge in [-0.1, -0.05) is 75.5 Å². The molecule has 0 spiro atoms. The number of amides is 2. The van der Waals surface area contributed by atoms with Crippen LogP contribution in [0.25, 0.3) is 0 Å². The molecule has 0 saturated heterocycles. The molecule has 178 valence electrons. The van der Waals surface area contributed by atoms with Gasteiger partial charge in [0.1, 0.15) is 11.8 Å². The van der Waals surface area contributed by atoms with Crippen LogP contribution >= 0.6 is 11.6 Å². The monoisotopic (exact) mass is 470 g/mol. The third kappa shape index (κ3) is 6.97. The van der Waals surface area contributed by atoms with E-state index in [-0.39, 0.29) is 36.4 Å². The second kappa shape index (κ2) is 11.1. The molecule has 0 radical (unpaired) electrons. The maximum Gasteiger partial charge on any atom is 0.261 e. The Morgan fingerprint density at radius 3 is 2.33 bits per heavy atom. The van der Waals surface area contributed by atoms with Crippen molar-refractivity contribution in [3.8, 4) is 5.75 Å². The number of hydrogen-bond acceptors (Lipinski definition) is 3. The molecular formula is C27H35ClN2O3. The minimum absolute atomic E-state index is 0.0439. The van der Waals surface area contributed by atoms with E-state index in [4.69, 9.17) is 16.3 Å². The lowest BCUT2D eigenvalue weighted by Crippen LogP contribution is -2.50. The highest BCUT2D eigenvalue weighted by Gasteiger charge is 2.29. The number of halogens is 1. The normalized spacial score (nSPS) is 15.2. The first-order chi connectivity index (χ1) is 15.6. The van der Waals surface area contributed by atoms with E-state index in [0.29, 0.717) is 10.8 Å². The van der Waals surface area contributed by atoms with E-state index in [1.54, 1.807) is 17.9 Å². The molecule has 1 aliphatic carbocycles. The van der Waals surface area contributed by atoms with Crippen LogP contribution in [0.3, 0.4) is 0 Å². The molecule has 0 aromatic heterocycles. The first kappa shape index (κ1) is 25.1. The lowest BCUT2D eigenvalue weighted by molar-refractivity contribution is -0.142. The zero-order chi connectivity index (χ0) is 24.0. The Labute approximate surface area is 202 Å². The minimum atomic E-state index is -0.638. The summed E-state index contributed by atoms with van der Waals surface area (Å²) in [5.74, 6) is 0.220. The fourth-order valence-corrected chi connectivity index (χ4v) is 4.26. The Kier molecular flexibility index (Phi) is 8.41. The van der Waals surface area contributed by atoms with E-state index in [9.17, 15) is 9.59 Å². The molecule has 0 bridgehead atoms. The lowest BCUT2D eigenvalue weighted by Gasteiger charge is -2.30. The van der Waals surface area contributed by atoms with Crippen LogP contribution in [0.5, 0.6) is 5.75 Å². The summed E-state index contributed by atoms with van der Waals surface area (Å²) < 4.78 is 5.79. The number of hydrogen-bond donors (Lipinski definition) is 1. The van der Waals surface area contributed by atoms with Gasteiger partial charge in [0.15, 0.2) is 6.61 Å². The van der Waals surface area contributed by atoms with Crippen molar-refractivity contribution in [2.75, 3.05) is 6.61 Å². The summed E-state index contributed by atoms with van der Waals surface area (Å²) in [5, 5.41) is 3.67. The van der Waals surface area contributed by atoms with E-state index in [2.05, 4.69) is 26.1 Å². The van der Waals surface area contributed by atoms with Gasteiger partial charge in [-0.05, 0) is 54.5 Å². The van der Waals surface area contributed by atoms with Crippen molar-refractivity contribution in [2.24, 2.45) is 0 Å². The van der Waals surface area contributed by atoms with Crippen molar-refractivity contribution < 1.29 is 14.3 Å². The number of ether oxygens (including phenoxy) is 1. The second-order valence-corrected chi connectivity index (χ2v) is 10.2. The van der Waals surface area contributed by atoms with Crippen LogP contribution in [-0.4, -0.2) is 35.4 Å². The molecule has 1 atom stereocenters. The van der Waals surface area contributed by atoms with E-state index in [1.165, 1.54) is 5.56 Å². The van der Waals surface area contributed by atoms with Gasteiger partial charge in [-0.2, -0.15) is 0 Å². The molecule has 1 N–H and O–H groups in total. The number of carbonyl (C=O) groups excluding carboxylic acids is 2.